The van der Waals surface area contributed by atoms with Crippen LogP contribution in [0.4, 0.5) is 0 Å². The van der Waals surface area contributed by atoms with Gasteiger partial charge in [-0.05, 0) is 63.4 Å². The number of fused-ring (bicyclic) bond motifs is 1. The zero-order chi connectivity index (χ0) is 18.7. The van der Waals surface area contributed by atoms with Crippen LogP contribution in [0.25, 0.3) is 11.0 Å². The monoisotopic (exact) mass is 351 g/mol. The van der Waals surface area contributed by atoms with E-state index < -0.39 is 5.60 Å². The number of aromatic amines is 1. The number of imidazole rings is 1. The fourth-order valence-corrected chi connectivity index (χ4v) is 2.80. The molecule has 5 heteroatoms. The highest BCUT2D eigenvalue weighted by Gasteiger charge is 2.15. The molecule has 0 aliphatic heterocycles. The van der Waals surface area contributed by atoms with Gasteiger partial charge in [0.05, 0.1) is 22.7 Å². The third-order valence-electron chi connectivity index (χ3n) is 4.41. The molecular formula is C21H25N3O2. The summed E-state index contributed by atoms with van der Waals surface area (Å²) in [6.45, 7) is 5.51. The Bertz CT molecular complexity index is 859. The molecule has 2 aromatic carbocycles. The van der Waals surface area contributed by atoms with E-state index >= 15 is 0 Å². The van der Waals surface area contributed by atoms with Crippen molar-refractivity contribution >= 4 is 16.9 Å². The number of benzene rings is 2. The molecule has 0 aliphatic carbocycles. The van der Waals surface area contributed by atoms with Gasteiger partial charge in [-0.3, -0.25) is 4.79 Å². The van der Waals surface area contributed by atoms with Gasteiger partial charge in [0, 0.05) is 5.56 Å². The van der Waals surface area contributed by atoms with Gasteiger partial charge in [-0.1, -0.05) is 24.3 Å². The van der Waals surface area contributed by atoms with E-state index in [2.05, 4.69) is 15.3 Å². The normalized spacial score (nSPS) is 12.9. The Kier molecular flexibility index (Phi) is 5.09. The van der Waals surface area contributed by atoms with Gasteiger partial charge in [0.15, 0.2) is 0 Å². The zero-order valence-electron chi connectivity index (χ0n) is 15.4. The molecule has 1 aromatic heterocycles. The Balaban J connectivity index is 1.63. The molecule has 0 bridgehead atoms. The SMILES string of the molecule is C[C@H](NC(=O)c1ccc(CCC(C)(C)O)cc1)c1nc2ccccc2[nH]1. The molecule has 136 valence electrons. The van der Waals surface area contributed by atoms with Gasteiger partial charge < -0.3 is 15.4 Å². The molecule has 3 aromatic rings. The van der Waals surface area contributed by atoms with Crippen LogP contribution < -0.4 is 5.32 Å². The number of hydrogen-bond acceptors (Lipinski definition) is 3. The van der Waals surface area contributed by atoms with Crippen LogP contribution in [0.1, 0.15) is 55.0 Å². The van der Waals surface area contributed by atoms with E-state index in [4.69, 9.17) is 0 Å². The number of carbonyl (C=O) groups is 1. The van der Waals surface area contributed by atoms with Crippen molar-refractivity contribution in [2.45, 2.75) is 45.3 Å². The number of aromatic nitrogens is 2. The van der Waals surface area contributed by atoms with Crippen LogP contribution in [0.3, 0.4) is 0 Å². The minimum absolute atomic E-state index is 0.132. The van der Waals surface area contributed by atoms with Gasteiger partial charge in [0.2, 0.25) is 0 Å². The van der Waals surface area contributed by atoms with Crippen LogP contribution in [-0.2, 0) is 6.42 Å². The van der Waals surface area contributed by atoms with Crippen LogP contribution in [0, 0.1) is 0 Å². The maximum atomic E-state index is 12.5. The Morgan fingerprint density at radius 3 is 2.54 bits per heavy atom. The third-order valence-corrected chi connectivity index (χ3v) is 4.41. The molecule has 0 fully saturated rings. The van der Waals surface area contributed by atoms with Crippen molar-refractivity contribution in [3.05, 3.63) is 65.5 Å². The molecule has 1 atom stereocenters. The average molecular weight is 351 g/mol. The topological polar surface area (TPSA) is 78.0 Å². The lowest BCUT2D eigenvalue weighted by atomic mass is 9.98. The summed E-state index contributed by atoms with van der Waals surface area (Å²) in [4.78, 5) is 20.2. The number of para-hydroxylation sites is 2. The van der Waals surface area contributed by atoms with Crippen LogP contribution in [0.15, 0.2) is 48.5 Å². The second-order valence-electron chi connectivity index (χ2n) is 7.34. The van der Waals surface area contributed by atoms with Crippen molar-refractivity contribution in [1.29, 1.82) is 0 Å². The maximum absolute atomic E-state index is 12.5. The quantitative estimate of drug-likeness (QED) is 0.633. The summed E-state index contributed by atoms with van der Waals surface area (Å²) in [6.07, 6.45) is 1.46. The molecule has 5 nitrogen and oxygen atoms in total. The Morgan fingerprint density at radius 1 is 1.19 bits per heavy atom. The Labute approximate surface area is 153 Å². The molecule has 0 saturated carbocycles. The summed E-state index contributed by atoms with van der Waals surface area (Å²) in [5.41, 5.74) is 2.88. The van der Waals surface area contributed by atoms with E-state index in [1.807, 2.05) is 55.5 Å². The number of nitrogens with zero attached hydrogens (tertiary/aromatic N) is 1. The summed E-state index contributed by atoms with van der Waals surface area (Å²) >= 11 is 0. The first-order chi connectivity index (χ1) is 12.3. The molecule has 26 heavy (non-hydrogen) atoms. The second kappa shape index (κ2) is 7.30. The van der Waals surface area contributed by atoms with Crippen molar-refractivity contribution in [3.8, 4) is 0 Å². The zero-order valence-corrected chi connectivity index (χ0v) is 15.4. The van der Waals surface area contributed by atoms with Gasteiger partial charge in [0.25, 0.3) is 5.91 Å². The van der Waals surface area contributed by atoms with E-state index in [9.17, 15) is 9.90 Å². The standard InChI is InChI=1S/C21H25N3O2/c1-14(19-23-17-6-4-5-7-18(17)24-19)22-20(25)16-10-8-15(9-11-16)12-13-21(2,3)26/h4-11,14,26H,12-13H2,1-3H3,(H,22,25)(H,23,24)/t14-/m0/s1. The van der Waals surface area contributed by atoms with Crippen LogP contribution in [-0.4, -0.2) is 26.6 Å². The van der Waals surface area contributed by atoms with Gasteiger partial charge in [0.1, 0.15) is 5.82 Å². The number of rotatable bonds is 6. The molecule has 0 aliphatic rings. The van der Waals surface area contributed by atoms with Gasteiger partial charge >= 0.3 is 0 Å². The summed E-state index contributed by atoms with van der Waals surface area (Å²) in [6, 6.07) is 15.1. The number of H-pyrrole nitrogens is 1. The van der Waals surface area contributed by atoms with Gasteiger partial charge in [-0.15, -0.1) is 0 Å². The number of hydrogen-bond donors (Lipinski definition) is 3. The number of nitrogens with one attached hydrogen (secondary N) is 2. The van der Waals surface area contributed by atoms with Crippen LogP contribution >= 0.6 is 0 Å². The number of aryl methyl sites for hydroxylation is 1. The number of amides is 1. The third kappa shape index (κ3) is 4.49. The predicted octanol–water partition coefficient (Wildman–Crippen LogP) is 3.76. The molecule has 0 spiro atoms. The Hall–Kier alpha value is -2.66. The molecule has 3 N–H and O–H groups in total. The number of aliphatic hydroxyl groups is 1. The van der Waals surface area contributed by atoms with Gasteiger partial charge in [-0.25, -0.2) is 4.98 Å². The fraction of sp³-hybridized carbons (Fsp3) is 0.333. The minimum Gasteiger partial charge on any atom is -0.390 e. The van der Waals surface area contributed by atoms with E-state index in [0.717, 1.165) is 28.8 Å². The minimum atomic E-state index is -0.682. The summed E-state index contributed by atoms with van der Waals surface area (Å²) in [7, 11) is 0. The summed E-state index contributed by atoms with van der Waals surface area (Å²) in [5, 5.41) is 12.8. The largest absolute Gasteiger partial charge is 0.390 e. The van der Waals surface area contributed by atoms with Crippen molar-refractivity contribution in [2.75, 3.05) is 0 Å². The van der Waals surface area contributed by atoms with Crippen LogP contribution in [0.2, 0.25) is 0 Å². The molecule has 0 radical (unpaired) electrons. The lowest BCUT2D eigenvalue weighted by Gasteiger charge is -2.16. The van der Waals surface area contributed by atoms with Crippen molar-refractivity contribution in [1.82, 2.24) is 15.3 Å². The number of carbonyl (C=O) groups excluding carboxylic acids is 1. The van der Waals surface area contributed by atoms with E-state index in [0.29, 0.717) is 12.0 Å². The van der Waals surface area contributed by atoms with Crippen LogP contribution in [0.5, 0.6) is 0 Å². The van der Waals surface area contributed by atoms with Crippen molar-refractivity contribution < 1.29 is 9.90 Å². The molecule has 1 amide bonds. The summed E-state index contributed by atoms with van der Waals surface area (Å²) < 4.78 is 0. The highest BCUT2D eigenvalue weighted by molar-refractivity contribution is 5.94. The highest BCUT2D eigenvalue weighted by atomic mass is 16.3. The molecular weight excluding hydrogens is 326 g/mol. The highest BCUT2D eigenvalue weighted by Crippen LogP contribution is 2.17. The molecule has 3 rings (SSSR count). The second-order valence-corrected chi connectivity index (χ2v) is 7.34. The van der Waals surface area contributed by atoms with Crippen molar-refractivity contribution in [3.63, 3.8) is 0 Å². The van der Waals surface area contributed by atoms with E-state index in [1.54, 1.807) is 13.8 Å². The lowest BCUT2D eigenvalue weighted by molar-refractivity contribution is 0.0713. The first kappa shape index (κ1) is 18.1. The van der Waals surface area contributed by atoms with Crippen molar-refractivity contribution in [2.24, 2.45) is 0 Å². The van der Waals surface area contributed by atoms with E-state index in [-0.39, 0.29) is 11.9 Å². The maximum Gasteiger partial charge on any atom is 0.251 e. The molecule has 0 saturated heterocycles. The first-order valence-electron chi connectivity index (χ1n) is 8.89. The van der Waals surface area contributed by atoms with E-state index in [1.165, 1.54) is 0 Å². The summed E-state index contributed by atoms with van der Waals surface area (Å²) in [5.74, 6) is 0.605. The molecule has 0 unspecified atom stereocenters. The first-order valence-corrected chi connectivity index (χ1v) is 8.89. The fourth-order valence-electron chi connectivity index (χ4n) is 2.80. The lowest BCUT2D eigenvalue weighted by Crippen LogP contribution is -2.27. The molecule has 1 heterocycles. The predicted molar refractivity (Wildman–Crippen MR) is 103 cm³/mol. The average Bonchev–Trinajstić information content (AvgIpc) is 3.04. The Morgan fingerprint density at radius 2 is 1.88 bits per heavy atom. The van der Waals surface area contributed by atoms with Gasteiger partial charge in [-0.2, -0.15) is 0 Å². The smallest absolute Gasteiger partial charge is 0.251 e.